The van der Waals surface area contributed by atoms with Gasteiger partial charge in [0, 0.05) is 25.0 Å². The zero-order valence-corrected chi connectivity index (χ0v) is 15.7. The van der Waals surface area contributed by atoms with Crippen LogP contribution >= 0.6 is 0 Å². The van der Waals surface area contributed by atoms with Crippen LogP contribution in [0.1, 0.15) is 44.9 Å². The van der Waals surface area contributed by atoms with Gasteiger partial charge in [0.25, 0.3) is 5.91 Å². The van der Waals surface area contributed by atoms with Crippen LogP contribution < -0.4 is 4.90 Å². The minimum Gasteiger partial charge on any atom is -0.342 e. The summed E-state index contributed by atoms with van der Waals surface area (Å²) in [5.41, 5.74) is 0.625. The van der Waals surface area contributed by atoms with Crippen molar-refractivity contribution in [1.29, 1.82) is 0 Å². The van der Waals surface area contributed by atoms with Crippen molar-refractivity contribution < 1.29 is 14.4 Å². The maximum absolute atomic E-state index is 12.8. The molecule has 0 N–H and O–H groups in total. The van der Waals surface area contributed by atoms with Crippen molar-refractivity contribution >= 4 is 23.5 Å². The fourth-order valence-electron chi connectivity index (χ4n) is 4.64. The van der Waals surface area contributed by atoms with E-state index in [1.54, 1.807) is 17.0 Å². The Bertz CT molecular complexity index is 707. The molecule has 1 aromatic rings. The first-order valence-electron chi connectivity index (χ1n) is 10.1. The van der Waals surface area contributed by atoms with Crippen LogP contribution in [0.2, 0.25) is 0 Å². The molecule has 1 aromatic carbocycles. The molecule has 4 amide bonds. The maximum atomic E-state index is 12.8. The van der Waals surface area contributed by atoms with Gasteiger partial charge in [0.15, 0.2) is 0 Å². The van der Waals surface area contributed by atoms with E-state index in [0.717, 1.165) is 38.5 Å². The first-order chi connectivity index (χ1) is 13.1. The van der Waals surface area contributed by atoms with Crippen LogP contribution in [0.15, 0.2) is 30.3 Å². The minimum absolute atomic E-state index is 0.0329. The van der Waals surface area contributed by atoms with Gasteiger partial charge in [-0.25, -0.2) is 9.69 Å². The summed E-state index contributed by atoms with van der Waals surface area (Å²) < 4.78 is 0. The minimum atomic E-state index is -0.233. The van der Waals surface area contributed by atoms with Gasteiger partial charge in [-0.05, 0) is 37.8 Å². The predicted molar refractivity (Wildman–Crippen MR) is 102 cm³/mol. The fourth-order valence-corrected chi connectivity index (χ4v) is 4.64. The van der Waals surface area contributed by atoms with Crippen molar-refractivity contribution in [3.05, 3.63) is 30.3 Å². The third-order valence-electron chi connectivity index (χ3n) is 6.18. The molecule has 27 heavy (non-hydrogen) atoms. The number of urea groups is 1. The van der Waals surface area contributed by atoms with E-state index in [9.17, 15) is 14.4 Å². The van der Waals surface area contributed by atoms with Crippen LogP contribution in [0.4, 0.5) is 10.5 Å². The Morgan fingerprint density at radius 2 is 1.56 bits per heavy atom. The molecule has 4 rings (SSSR count). The number of imide groups is 1. The Balaban J connectivity index is 1.36. The van der Waals surface area contributed by atoms with Crippen molar-refractivity contribution in [2.75, 3.05) is 24.5 Å². The van der Waals surface area contributed by atoms with Gasteiger partial charge in [-0.3, -0.25) is 9.59 Å². The first kappa shape index (κ1) is 18.0. The summed E-state index contributed by atoms with van der Waals surface area (Å²) in [6.07, 6.45) is 7.10. The molecule has 3 fully saturated rings. The van der Waals surface area contributed by atoms with Gasteiger partial charge >= 0.3 is 6.03 Å². The monoisotopic (exact) mass is 369 g/mol. The van der Waals surface area contributed by atoms with Gasteiger partial charge < -0.3 is 9.80 Å². The van der Waals surface area contributed by atoms with Crippen LogP contribution in [-0.4, -0.2) is 53.3 Å². The molecule has 1 saturated carbocycles. The zero-order valence-electron chi connectivity index (χ0n) is 15.7. The molecule has 0 aromatic heterocycles. The number of rotatable bonds is 3. The molecule has 0 bridgehead atoms. The second kappa shape index (κ2) is 7.71. The van der Waals surface area contributed by atoms with E-state index < -0.39 is 0 Å². The molecule has 2 heterocycles. The van der Waals surface area contributed by atoms with E-state index in [4.69, 9.17) is 0 Å². The Hall–Kier alpha value is -2.37. The summed E-state index contributed by atoms with van der Waals surface area (Å²) in [5.74, 6) is 0.314. The molecule has 6 nitrogen and oxygen atoms in total. The topological polar surface area (TPSA) is 60.9 Å². The number of carbonyl (C=O) groups excluding carboxylic acids is 3. The van der Waals surface area contributed by atoms with Crippen LogP contribution in [-0.2, 0) is 9.59 Å². The lowest BCUT2D eigenvalue weighted by atomic mass is 9.87. The van der Waals surface area contributed by atoms with Gasteiger partial charge in [-0.1, -0.05) is 37.5 Å². The highest BCUT2D eigenvalue weighted by molar-refractivity contribution is 6.19. The third kappa shape index (κ3) is 3.57. The highest BCUT2D eigenvalue weighted by Crippen LogP contribution is 2.29. The summed E-state index contributed by atoms with van der Waals surface area (Å²) in [6, 6.07) is 8.89. The molecule has 0 atom stereocenters. The fraction of sp³-hybridized carbons (Fsp3) is 0.571. The highest BCUT2D eigenvalue weighted by Gasteiger charge is 2.42. The Morgan fingerprint density at radius 1 is 0.889 bits per heavy atom. The molecule has 2 aliphatic heterocycles. The van der Waals surface area contributed by atoms with Crippen molar-refractivity contribution in [1.82, 2.24) is 9.80 Å². The Labute approximate surface area is 160 Å². The second-order valence-corrected chi connectivity index (χ2v) is 7.87. The standard InChI is InChI=1S/C21H27N3O3/c25-19-15-23(21(27)24(19)18-9-5-2-6-10-18)17-11-13-22(14-12-17)20(26)16-7-3-1-4-8-16/h2,5-6,9-10,16-17H,1,3-4,7-8,11-15H2. The van der Waals surface area contributed by atoms with Gasteiger partial charge in [0.2, 0.25) is 5.91 Å². The van der Waals surface area contributed by atoms with E-state index in [2.05, 4.69) is 0 Å². The van der Waals surface area contributed by atoms with E-state index in [0.29, 0.717) is 24.7 Å². The molecular formula is C21H27N3O3. The number of benzene rings is 1. The number of hydrogen-bond donors (Lipinski definition) is 0. The molecule has 6 heteroatoms. The van der Waals surface area contributed by atoms with Crippen LogP contribution in [0.25, 0.3) is 0 Å². The SMILES string of the molecule is O=C(C1CCCCC1)N1CCC(N2CC(=O)N(c3ccccc3)C2=O)CC1. The van der Waals surface area contributed by atoms with Crippen LogP contribution in [0, 0.1) is 5.92 Å². The molecule has 0 unspecified atom stereocenters. The van der Waals surface area contributed by atoms with Crippen molar-refractivity contribution in [2.24, 2.45) is 5.92 Å². The van der Waals surface area contributed by atoms with Gasteiger partial charge in [0.1, 0.15) is 6.54 Å². The Kier molecular flexibility index (Phi) is 5.14. The molecule has 2 saturated heterocycles. The molecule has 1 aliphatic carbocycles. The number of likely N-dealkylation sites (tertiary alicyclic amines) is 1. The summed E-state index contributed by atoms with van der Waals surface area (Å²) in [5, 5.41) is 0. The molecule has 144 valence electrons. The van der Waals surface area contributed by atoms with E-state index in [1.807, 2.05) is 23.1 Å². The smallest absolute Gasteiger partial charge is 0.332 e. The van der Waals surface area contributed by atoms with Crippen molar-refractivity contribution in [2.45, 2.75) is 51.0 Å². The number of carbonyl (C=O) groups is 3. The highest BCUT2D eigenvalue weighted by atomic mass is 16.2. The number of nitrogens with zero attached hydrogens (tertiary/aromatic N) is 3. The molecular weight excluding hydrogens is 342 g/mol. The molecule has 0 spiro atoms. The zero-order chi connectivity index (χ0) is 18.8. The number of piperidine rings is 1. The Morgan fingerprint density at radius 3 is 2.22 bits per heavy atom. The normalized spacial score (nSPS) is 22.6. The van der Waals surface area contributed by atoms with Crippen molar-refractivity contribution in [3.8, 4) is 0 Å². The number of para-hydroxylation sites is 1. The number of hydrogen-bond acceptors (Lipinski definition) is 3. The van der Waals surface area contributed by atoms with E-state index in [1.165, 1.54) is 11.3 Å². The lowest BCUT2D eigenvalue weighted by Crippen LogP contribution is -2.49. The number of anilines is 1. The second-order valence-electron chi connectivity index (χ2n) is 7.87. The third-order valence-corrected chi connectivity index (χ3v) is 6.18. The summed E-state index contributed by atoms with van der Waals surface area (Å²) in [7, 11) is 0. The van der Waals surface area contributed by atoms with Crippen molar-refractivity contribution in [3.63, 3.8) is 0 Å². The maximum Gasteiger partial charge on any atom is 0.332 e. The van der Waals surface area contributed by atoms with Gasteiger partial charge in [0.05, 0.1) is 5.69 Å². The summed E-state index contributed by atoms with van der Waals surface area (Å²) in [4.78, 5) is 42.9. The first-order valence-corrected chi connectivity index (χ1v) is 10.1. The molecule has 0 radical (unpaired) electrons. The average Bonchev–Trinajstić information content (AvgIpc) is 3.03. The predicted octanol–water partition coefficient (Wildman–Crippen LogP) is 3.03. The van der Waals surface area contributed by atoms with Gasteiger partial charge in [-0.2, -0.15) is 0 Å². The summed E-state index contributed by atoms with van der Waals surface area (Å²) >= 11 is 0. The quantitative estimate of drug-likeness (QED) is 0.770. The van der Waals surface area contributed by atoms with Gasteiger partial charge in [-0.15, -0.1) is 0 Å². The lowest BCUT2D eigenvalue weighted by Gasteiger charge is -2.38. The lowest BCUT2D eigenvalue weighted by molar-refractivity contribution is -0.138. The van der Waals surface area contributed by atoms with Crippen LogP contribution in [0.5, 0.6) is 0 Å². The summed E-state index contributed by atoms with van der Waals surface area (Å²) in [6.45, 7) is 1.50. The number of amides is 4. The average molecular weight is 369 g/mol. The van der Waals surface area contributed by atoms with E-state index >= 15 is 0 Å². The largest absolute Gasteiger partial charge is 0.342 e. The van der Waals surface area contributed by atoms with Crippen LogP contribution in [0.3, 0.4) is 0 Å². The molecule has 3 aliphatic rings. The van der Waals surface area contributed by atoms with E-state index in [-0.39, 0.29) is 30.4 Å².